The van der Waals surface area contributed by atoms with Crippen molar-refractivity contribution < 1.29 is 8.42 Å². The zero-order valence-electron chi connectivity index (χ0n) is 13.4. The molecular formula is C14H26N4O2S. The molecule has 1 aromatic rings. The molecule has 1 aliphatic carbocycles. The van der Waals surface area contributed by atoms with Crippen LogP contribution < -0.4 is 5.32 Å². The molecule has 6 nitrogen and oxygen atoms in total. The zero-order valence-corrected chi connectivity index (χ0v) is 14.2. The maximum absolute atomic E-state index is 12.7. The second kappa shape index (κ2) is 6.46. The summed E-state index contributed by atoms with van der Waals surface area (Å²) in [5, 5.41) is 7.68. The monoisotopic (exact) mass is 314 g/mol. The summed E-state index contributed by atoms with van der Waals surface area (Å²) >= 11 is 0. The van der Waals surface area contributed by atoms with Crippen LogP contribution in [0.25, 0.3) is 0 Å². The smallest absolute Gasteiger partial charge is 0.246 e. The SMILES string of the molecule is CCNCCCn1nc(C)c(S(=O)(=O)N(C)C2CC2)c1C. The minimum absolute atomic E-state index is 0.172. The molecular weight excluding hydrogens is 288 g/mol. The fraction of sp³-hybridized carbons (Fsp3) is 0.786. The van der Waals surface area contributed by atoms with Crippen LogP contribution >= 0.6 is 0 Å². The maximum atomic E-state index is 12.7. The molecule has 0 aliphatic heterocycles. The van der Waals surface area contributed by atoms with Crippen LogP contribution in [-0.2, 0) is 16.6 Å². The third kappa shape index (κ3) is 3.46. The molecule has 0 saturated heterocycles. The van der Waals surface area contributed by atoms with Crippen LogP contribution in [-0.4, -0.2) is 48.7 Å². The fourth-order valence-electron chi connectivity index (χ4n) is 2.58. The highest BCUT2D eigenvalue weighted by Crippen LogP contribution is 2.32. The lowest BCUT2D eigenvalue weighted by molar-refractivity contribution is 0.463. The van der Waals surface area contributed by atoms with Gasteiger partial charge < -0.3 is 5.32 Å². The summed E-state index contributed by atoms with van der Waals surface area (Å²) < 4.78 is 28.7. The average molecular weight is 314 g/mol. The quantitative estimate of drug-likeness (QED) is 0.734. The molecule has 0 spiro atoms. The molecule has 1 aliphatic rings. The number of hydrogen-bond acceptors (Lipinski definition) is 4. The van der Waals surface area contributed by atoms with Gasteiger partial charge in [-0.15, -0.1) is 0 Å². The number of sulfonamides is 1. The Labute approximate surface area is 127 Å². The maximum Gasteiger partial charge on any atom is 0.246 e. The molecule has 2 rings (SSSR count). The van der Waals surface area contributed by atoms with Crippen molar-refractivity contribution in [2.24, 2.45) is 0 Å². The van der Waals surface area contributed by atoms with E-state index in [1.54, 1.807) is 14.0 Å². The molecule has 0 bridgehead atoms. The summed E-state index contributed by atoms with van der Waals surface area (Å²) in [6.45, 7) is 8.30. The van der Waals surface area contributed by atoms with Gasteiger partial charge in [-0.2, -0.15) is 9.40 Å². The number of aryl methyl sites for hydroxylation is 2. The van der Waals surface area contributed by atoms with Crippen LogP contribution in [0.15, 0.2) is 4.90 Å². The van der Waals surface area contributed by atoms with Crippen LogP contribution in [0, 0.1) is 13.8 Å². The van der Waals surface area contributed by atoms with Gasteiger partial charge in [-0.25, -0.2) is 8.42 Å². The van der Waals surface area contributed by atoms with Gasteiger partial charge >= 0.3 is 0 Å². The Morgan fingerprint density at radius 3 is 2.62 bits per heavy atom. The van der Waals surface area contributed by atoms with E-state index in [4.69, 9.17) is 0 Å². The predicted octanol–water partition coefficient (Wildman–Crippen LogP) is 1.28. The Kier molecular flexibility index (Phi) is 5.06. The zero-order chi connectivity index (χ0) is 15.6. The van der Waals surface area contributed by atoms with E-state index in [0.717, 1.165) is 44.6 Å². The van der Waals surface area contributed by atoms with Crippen LogP contribution in [0.3, 0.4) is 0 Å². The molecule has 1 N–H and O–H groups in total. The van der Waals surface area contributed by atoms with E-state index in [0.29, 0.717) is 10.6 Å². The van der Waals surface area contributed by atoms with Gasteiger partial charge in [-0.3, -0.25) is 4.68 Å². The van der Waals surface area contributed by atoms with E-state index in [2.05, 4.69) is 17.3 Å². The Hall–Kier alpha value is -0.920. The first kappa shape index (κ1) is 16.5. The van der Waals surface area contributed by atoms with Crippen molar-refractivity contribution in [1.29, 1.82) is 0 Å². The van der Waals surface area contributed by atoms with E-state index >= 15 is 0 Å². The molecule has 1 aromatic heterocycles. The lowest BCUT2D eigenvalue weighted by atomic mass is 10.4. The Morgan fingerprint density at radius 1 is 1.38 bits per heavy atom. The molecule has 0 amide bonds. The highest BCUT2D eigenvalue weighted by molar-refractivity contribution is 7.89. The van der Waals surface area contributed by atoms with E-state index in [9.17, 15) is 8.42 Å². The first-order valence-electron chi connectivity index (χ1n) is 7.62. The van der Waals surface area contributed by atoms with Gasteiger partial charge in [0.15, 0.2) is 0 Å². The van der Waals surface area contributed by atoms with Crippen molar-refractivity contribution in [1.82, 2.24) is 19.4 Å². The summed E-state index contributed by atoms with van der Waals surface area (Å²) in [4.78, 5) is 0.389. The van der Waals surface area contributed by atoms with Gasteiger partial charge in [0.2, 0.25) is 10.0 Å². The Morgan fingerprint density at radius 2 is 2.05 bits per heavy atom. The van der Waals surface area contributed by atoms with E-state index in [1.165, 1.54) is 4.31 Å². The standard InChI is InChI=1S/C14H26N4O2S/c1-5-15-9-6-10-18-12(3)14(11(2)16-18)21(19,20)17(4)13-7-8-13/h13,15H,5-10H2,1-4H3. The number of nitrogens with one attached hydrogen (secondary N) is 1. The minimum atomic E-state index is -3.42. The molecule has 7 heteroatoms. The number of rotatable bonds is 8. The summed E-state index contributed by atoms with van der Waals surface area (Å²) in [6.07, 6.45) is 2.86. The molecule has 1 saturated carbocycles. The molecule has 0 aromatic carbocycles. The number of aromatic nitrogens is 2. The topological polar surface area (TPSA) is 67.2 Å². The summed E-state index contributed by atoms with van der Waals surface area (Å²) in [5.74, 6) is 0. The van der Waals surface area contributed by atoms with Gasteiger partial charge in [0.25, 0.3) is 0 Å². The van der Waals surface area contributed by atoms with Gasteiger partial charge in [-0.05, 0) is 46.2 Å². The molecule has 0 unspecified atom stereocenters. The van der Waals surface area contributed by atoms with Crippen LogP contribution in [0.2, 0.25) is 0 Å². The highest BCUT2D eigenvalue weighted by Gasteiger charge is 2.37. The lowest BCUT2D eigenvalue weighted by Gasteiger charge is -2.16. The molecule has 1 fully saturated rings. The van der Waals surface area contributed by atoms with Crippen LogP contribution in [0.1, 0.15) is 37.6 Å². The molecule has 1 heterocycles. The van der Waals surface area contributed by atoms with Crippen LogP contribution in [0.5, 0.6) is 0 Å². The average Bonchev–Trinajstić information content (AvgIpc) is 3.21. The molecule has 0 atom stereocenters. The minimum Gasteiger partial charge on any atom is -0.317 e. The van der Waals surface area contributed by atoms with Gasteiger partial charge in [0, 0.05) is 19.6 Å². The summed E-state index contributed by atoms with van der Waals surface area (Å²) in [7, 11) is -1.74. The van der Waals surface area contributed by atoms with Gasteiger partial charge in [-0.1, -0.05) is 6.92 Å². The summed E-state index contributed by atoms with van der Waals surface area (Å²) in [5.41, 5.74) is 1.35. The Balaban J connectivity index is 2.18. The van der Waals surface area contributed by atoms with Crippen molar-refractivity contribution >= 4 is 10.0 Å². The highest BCUT2D eigenvalue weighted by atomic mass is 32.2. The van der Waals surface area contributed by atoms with E-state index < -0.39 is 10.0 Å². The number of nitrogens with zero attached hydrogens (tertiary/aromatic N) is 3. The van der Waals surface area contributed by atoms with Crippen LogP contribution in [0.4, 0.5) is 0 Å². The van der Waals surface area contributed by atoms with E-state index in [-0.39, 0.29) is 6.04 Å². The number of hydrogen-bond donors (Lipinski definition) is 1. The molecule has 0 radical (unpaired) electrons. The third-order valence-electron chi connectivity index (χ3n) is 3.99. The first-order chi connectivity index (χ1) is 9.89. The lowest BCUT2D eigenvalue weighted by Crippen LogP contribution is -2.29. The molecule has 21 heavy (non-hydrogen) atoms. The predicted molar refractivity (Wildman–Crippen MR) is 82.8 cm³/mol. The fourth-order valence-corrected chi connectivity index (χ4v) is 4.36. The third-order valence-corrected chi connectivity index (χ3v) is 6.15. The van der Waals surface area contributed by atoms with Crippen molar-refractivity contribution in [2.75, 3.05) is 20.1 Å². The van der Waals surface area contributed by atoms with Crippen molar-refractivity contribution in [3.63, 3.8) is 0 Å². The molecule has 120 valence electrons. The summed E-state index contributed by atoms with van der Waals surface area (Å²) in [6, 6.07) is 0.172. The van der Waals surface area contributed by atoms with E-state index in [1.807, 2.05) is 11.6 Å². The van der Waals surface area contributed by atoms with Crippen molar-refractivity contribution in [2.45, 2.75) is 57.5 Å². The Bertz CT molecular complexity index is 590. The normalized spacial score (nSPS) is 15.9. The second-order valence-corrected chi connectivity index (χ2v) is 7.62. The van der Waals surface area contributed by atoms with Crippen molar-refractivity contribution in [3.05, 3.63) is 11.4 Å². The first-order valence-corrected chi connectivity index (χ1v) is 9.06. The van der Waals surface area contributed by atoms with Crippen molar-refractivity contribution in [3.8, 4) is 0 Å². The second-order valence-electron chi connectivity index (χ2n) is 5.68. The van der Waals surface area contributed by atoms with Gasteiger partial charge in [0.1, 0.15) is 4.90 Å². The largest absolute Gasteiger partial charge is 0.317 e. The van der Waals surface area contributed by atoms with Gasteiger partial charge in [0.05, 0.1) is 11.4 Å².